The van der Waals surface area contributed by atoms with Crippen molar-refractivity contribution in [2.75, 3.05) is 13.4 Å². The molecule has 5 rings (SSSR count). The van der Waals surface area contributed by atoms with Crippen molar-refractivity contribution in [3.05, 3.63) is 50.4 Å². The quantitative estimate of drug-likeness (QED) is 0.572. The highest BCUT2D eigenvalue weighted by atomic mass is 32.1. The first-order valence-corrected chi connectivity index (χ1v) is 11.7. The average molecular weight is 470 g/mol. The maximum atomic E-state index is 13.0. The number of fused-ring (bicyclic) bond motifs is 3. The molecule has 0 aliphatic carbocycles. The van der Waals surface area contributed by atoms with Crippen molar-refractivity contribution in [3.63, 3.8) is 0 Å². The normalized spacial score (nSPS) is 14.6. The van der Waals surface area contributed by atoms with E-state index in [1.54, 1.807) is 23.6 Å². The Bertz CT molecular complexity index is 1310. The van der Waals surface area contributed by atoms with Crippen LogP contribution in [-0.2, 0) is 29.0 Å². The molecule has 1 aromatic carbocycles. The zero-order chi connectivity index (χ0) is 22.9. The van der Waals surface area contributed by atoms with E-state index in [-0.39, 0.29) is 18.9 Å². The molecule has 0 radical (unpaired) electrons. The molecular weight excluding hydrogens is 446 g/mol. The van der Waals surface area contributed by atoms with Crippen molar-refractivity contribution in [1.82, 2.24) is 14.9 Å². The number of benzene rings is 1. The third-order valence-electron chi connectivity index (χ3n) is 5.86. The highest BCUT2D eigenvalue weighted by Gasteiger charge is 2.23. The molecule has 0 saturated carbocycles. The second-order valence-electron chi connectivity index (χ2n) is 8.07. The van der Waals surface area contributed by atoms with Crippen molar-refractivity contribution in [1.29, 1.82) is 0 Å². The Kier molecular flexibility index (Phi) is 5.76. The summed E-state index contributed by atoms with van der Waals surface area (Å²) in [5, 5.41) is 3.18. The minimum absolute atomic E-state index is 0.105. The molecule has 2 aliphatic heterocycles. The van der Waals surface area contributed by atoms with Gasteiger partial charge in [0, 0.05) is 19.5 Å². The number of rotatable bonds is 5. The maximum absolute atomic E-state index is 13.0. The van der Waals surface area contributed by atoms with Crippen molar-refractivity contribution in [3.8, 4) is 11.5 Å². The third-order valence-corrected chi connectivity index (χ3v) is 7.02. The number of aryl methyl sites for hydroxylation is 2. The maximum Gasteiger partial charge on any atom is 0.349 e. The van der Waals surface area contributed by atoms with Crippen LogP contribution in [0.5, 0.6) is 11.5 Å². The monoisotopic (exact) mass is 469 g/mol. The minimum atomic E-state index is -0.631. The summed E-state index contributed by atoms with van der Waals surface area (Å²) < 4.78 is 17.5. The highest BCUT2D eigenvalue weighted by Crippen LogP contribution is 2.32. The van der Waals surface area contributed by atoms with Gasteiger partial charge < -0.3 is 19.5 Å². The van der Waals surface area contributed by atoms with Gasteiger partial charge in [0.2, 0.25) is 6.79 Å². The van der Waals surface area contributed by atoms with Crippen LogP contribution >= 0.6 is 11.3 Å². The Morgan fingerprint density at radius 1 is 1.21 bits per heavy atom. The molecule has 0 bridgehead atoms. The number of amides is 1. The van der Waals surface area contributed by atoms with Crippen LogP contribution in [0.3, 0.4) is 0 Å². The summed E-state index contributed by atoms with van der Waals surface area (Å²) in [7, 11) is 0. The van der Waals surface area contributed by atoms with Crippen LogP contribution < -0.4 is 20.3 Å². The molecule has 1 N–H and O–H groups in total. The lowest BCUT2D eigenvalue weighted by Crippen LogP contribution is -2.28. The zero-order valence-electron chi connectivity index (χ0n) is 18.1. The van der Waals surface area contributed by atoms with Gasteiger partial charge in [0.15, 0.2) is 18.1 Å². The smallest absolute Gasteiger partial charge is 0.349 e. The zero-order valence-corrected chi connectivity index (χ0v) is 19.0. The first-order valence-electron chi connectivity index (χ1n) is 10.9. The topological polar surface area (TPSA) is 109 Å². The second-order valence-corrected chi connectivity index (χ2v) is 9.07. The number of carbonyl (C=O) groups excluding carboxylic acids is 2. The van der Waals surface area contributed by atoms with Crippen molar-refractivity contribution < 1.29 is 23.8 Å². The van der Waals surface area contributed by atoms with E-state index in [1.807, 2.05) is 6.07 Å². The van der Waals surface area contributed by atoms with Gasteiger partial charge in [-0.3, -0.25) is 14.2 Å². The molecule has 2 aromatic heterocycles. The summed E-state index contributed by atoms with van der Waals surface area (Å²) >= 11 is 1.14. The summed E-state index contributed by atoms with van der Waals surface area (Å²) in [6, 6.07) is 5.40. The summed E-state index contributed by atoms with van der Waals surface area (Å²) in [6.45, 7) is 2.40. The molecule has 10 heteroatoms. The molecule has 3 aromatic rings. The number of thiophene rings is 1. The van der Waals surface area contributed by atoms with E-state index in [0.717, 1.165) is 48.4 Å². The molecule has 0 unspecified atom stereocenters. The van der Waals surface area contributed by atoms with Crippen molar-refractivity contribution >= 4 is 33.4 Å². The molecule has 2 aliphatic rings. The van der Waals surface area contributed by atoms with E-state index in [9.17, 15) is 14.4 Å². The molecule has 4 heterocycles. The molecule has 1 amide bonds. The van der Waals surface area contributed by atoms with Gasteiger partial charge in [-0.15, -0.1) is 11.3 Å². The van der Waals surface area contributed by atoms with Gasteiger partial charge >= 0.3 is 5.97 Å². The number of nitrogens with zero attached hydrogens (tertiary/aromatic N) is 2. The Labute approximate surface area is 193 Å². The van der Waals surface area contributed by atoms with E-state index in [1.165, 1.54) is 0 Å². The standard InChI is InChI=1S/C23H23N3O6S/c1-13-19-21(25-17-5-3-2-4-8-26(17)22(19)28)33-20(13)23(29)30-11-18(27)24-10-14-6-7-15-16(9-14)32-12-31-15/h6-7,9H,2-5,8,10-12H2,1H3,(H,24,27). The number of hydrogen-bond acceptors (Lipinski definition) is 8. The van der Waals surface area contributed by atoms with Crippen LogP contribution in [0.1, 0.15) is 45.9 Å². The van der Waals surface area contributed by atoms with E-state index in [2.05, 4.69) is 10.3 Å². The van der Waals surface area contributed by atoms with Crippen molar-refractivity contribution in [2.45, 2.75) is 45.7 Å². The van der Waals surface area contributed by atoms with E-state index in [4.69, 9.17) is 14.2 Å². The van der Waals surface area contributed by atoms with Gasteiger partial charge in [0.1, 0.15) is 15.5 Å². The lowest BCUT2D eigenvalue weighted by Gasteiger charge is -2.08. The Balaban J connectivity index is 1.24. The van der Waals surface area contributed by atoms with Gasteiger partial charge in [-0.25, -0.2) is 9.78 Å². The van der Waals surface area contributed by atoms with Crippen LogP contribution in [0, 0.1) is 6.92 Å². The summed E-state index contributed by atoms with van der Waals surface area (Å²) in [5.74, 6) is 1.02. The SMILES string of the molecule is Cc1c(C(=O)OCC(=O)NCc2ccc3c(c2)OCO3)sc2nc3n(c(=O)c12)CCCCC3. The highest BCUT2D eigenvalue weighted by molar-refractivity contribution is 7.20. The third kappa shape index (κ3) is 4.18. The van der Waals surface area contributed by atoms with Crippen LogP contribution in [0.25, 0.3) is 10.2 Å². The fourth-order valence-electron chi connectivity index (χ4n) is 4.10. The van der Waals surface area contributed by atoms with E-state index in [0.29, 0.717) is 38.7 Å². The molecule has 0 saturated heterocycles. The molecule has 0 atom stereocenters. The number of ether oxygens (including phenoxy) is 3. The van der Waals surface area contributed by atoms with Gasteiger partial charge in [-0.1, -0.05) is 12.5 Å². The molecular formula is C23H23N3O6S. The van der Waals surface area contributed by atoms with Crippen molar-refractivity contribution in [2.24, 2.45) is 0 Å². The van der Waals surface area contributed by atoms with Crippen LogP contribution in [0.4, 0.5) is 0 Å². The minimum Gasteiger partial charge on any atom is -0.454 e. The van der Waals surface area contributed by atoms with E-state index >= 15 is 0 Å². The first kappa shape index (κ1) is 21.4. The molecule has 33 heavy (non-hydrogen) atoms. The number of hydrogen-bond donors (Lipinski definition) is 1. The molecule has 0 spiro atoms. The Morgan fingerprint density at radius 3 is 2.94 bits per heavy atom. The van der Waals surface area contributed by atoms with Gasteiger partial charge in [-0.2, -0.15) is 0 Å². The number of esters is 1. The number of carbonyl (C=O) groups is 2. The second kappa shape index (κ2) is 8.86. The number of nitrogens with one attached hydrogen (secondary N) is 1. The average Bonchev–Trinajstić information content (AvgIpc) is 3.32. The predicted molar refractivity (Wildman–Crippen MR) is 121 cm³/mol. The summed E-state index contributed by atoms with van der Waals surface area (Å²) in [5.41, 5.74) is 1.29. The summed E-state index contributed by atoms with van der Waals surface area (Å²) in [6.07, 6.45) is 3.77. The lowest BCUT2D eigenvalue weighted by atomic mass is 10.2. The first-order chi connectivity index (χ1) is 16.0. The van der Waals surface area contributed by atoms with Crippen LogP contribution in [0.15, 0.2) is 23.0 Å². The lowest BCUT2D eigenvalue weighted by molar-refractivity contribution is -0.124. The molecule has 172 valence electrons. The number of aromatic nitrogens is 2. The predicted octanol–water partition coefficient (Wildman–Crippen LogP) is 2.69. The molecule has 0 fully saturated rings. The fourth-order valence-corrected chi connectivity index (χ4v) is 5.19. The Morgan fingerprint density at radius 2 is 2.06 bits per heavy atom. The van der Waals surface area contributed by atoms with Crippen LogP contribution in [0.2, 0.25) is 0 Å². The van der Waals surface area contributed by atoms with Gasteiger partial charge in [0.25, 0.3) is 11.5 Å². The fraction of sp³-hybridized carbons (Fsp3) is 0.391. The van der Waals surface area contributed by atoms with Gasteiger partial charge in [-0.05, 0) is 43.0 Å². The largest absolute Gasteiger partial charge is 0.454 e. The molecule has 9 nitrogen and oxygen atoms in total. The van der Waals surface area contributed by atoms with E-state index < -0.39 is 18.5 Å². The van der Waals surface area contributed by atoms with Gasteiger partial charge in [0.05, 0.1) is 5.39 Å². The van der Waals surface area contributed by atoms with Crippen LogP contribution in [-0.4, -0.2) is 34.8 Å². The summed E-state index contributed by atoms with van der Waals surface area (Å²) in [4.78, 5) is 43.4. The Hall–Kier alpha value is -3.40.